The zero-order valence-electron chi connectivity index (χ0n) is 19.8. The summed E-state index contributed by atoms with van der Waals surface area (Å²) in [5.74, 6) is -0.961. The molecule has 0 aromatic heterocycles. The largest absolute Gasteiger partial charge is 0.492 e. The van der Waals surface area contributed by atoms with E-state index in [-0.39, 0.29) is 19.6 Å². The van der Waals surface area contributed by atoms with Crippen molar-refractivity contribution in [3.8, 4) is 0 Å². The van der Waals surface area contributed by atoms with Crippen molar-refractivity contribution in [3.05, 3.63) is 75.7 Å². The second-order valence-electron chi connectivity index (χ2n) is 9.14. The van der Waals surface area contributed by atoms with Crippen LogP contribution in [0.4, 0.5) is 4.79 Å². The first-order valence-corrected chi connectivity index (χ1v) is 11.4. The number of carbonyl (C=O) groups is 2. The Hall–Kier alpha value is -2.81. The van der Waals surface area contributed by atoms with Crippen LogP contribution in [0, 0.1) is 0 Å². The lowest BCUT2D eigenvalue weighted by Gasteiger charge is -2.32. The quantitative estimate of drug-likeness (QED) is 0.516. The second-order valence-corrected chi connectivity index (χ2v) is 9.57. The predicted molar refractivity (Wildman–Crippen MR) is 131 cm³/mol. The highest BCUT2D eigenvalue weighted by Gasteiger charge is 2.52. The number of halogens is 1. The highest BCUT2D eigenvalue weighted by atomic mass is 35.5. The fourth-order valence-corrected chi connectivity index (χ4v) is 3.55. The van der Waals surface area contributed by atoms with Gasteiger partial charge in [0.25, 0.3) is 0 Å². The van der Waals surface area contributed by atoms with E-state index in [1.807, 2.05) is 58.0 Å². The van der Waals surface area contributed by atoms with Crippen molar-refractivity contribution in [2.45, 2.75) is 51.9 Å². The monoisotopic (exact) mass is 485 g/mol. The van der Waals surface area contributed by atoms with Crippen LogP contribution in [-0.4, -0.2) is 42.0 Å². The lowest BCUT2D eigenvalue weighted by Crippen LogP contribution is -2.41. The van der Waals surface area contributed by atoms with E-state index in [1.54, 1.807) is 24.3 Å². The van der Waals surface area contributed by atoms with Gasteiger partial charge in [-0.1, -0.05) is 54.1 Å². The zero-order valence-corrected chi connectivity index (χ0v) is 20.5. The van der Waals surface area contributed by atoms with Crippen molar-refractivity contribution in [2.24, 2.45) is 0 Å². The van der Waals surface area contributed by atoms with Crippen LogP contribution in [0.15, 0.2) is 54.0 Å². The minimum absolute atomic E-state index is 0.0729. The molecule has 0 bridgehead atoms. The average molecular weight is 486 g/mol. The van der Waals surface area contributed by atoms with Gasteiger partial charge in [-0.05, 0) is 62.0 Å². The number of ether oxygens (including phenoxy) is 1. The summed E-state index contributed by atoms with van der Waals surface area (Å²) >= 11 is 6.19. The molecule has 2 aromatic carbocycles. The van der Waals surface area contributed by atoms with Crippen LogP contribution < -0.4 is 5.32 Å². The van der Waals surface area contributed by atoms with E-state index in [9.17, 15) is 14.7 Å². The second kappa shape index (κ2) is 10.6. The van der Waals surface area contributed by atoms with E-state index >= 15 is 0 Å². The van der Waals surface area contributed by atoms with Crippen LogP contribution in [0.5, 0.6) is 0 Å². The molecule has 0 aliphatic carbocycles. The summed E-state index contributed by atoms with van der Waals surface area (Å²) in [6.45, 7) is 7.94. The molecular formula is C25H29BClNO6. The summed E-state index contributed by atoms with van der Waals surface area (Å²) in [5.41, 5.74) is 1.48. The van der Waals surface area contributed by atoms with E-state index in [2.05, 4.69) is 5.32 Å². The molecule has 1 amide bonds. The lowest BCUT2D eigenvalue weighted by atomic mass is 9.76. The Balaban J connectivity index is 1.83. The van der Waals surface area contributed by atoms with Gasteiger partial charge in [0.2, 0.25) is 0 Å². The summed E-state index contributed by atoms with van der Waals surface area (Å²) in [6.07, 6.45) is 0.985. The lowest BCUT2D eigenvalue weighted by molar-refractivity contribution is -0.136. The van der Waals surface area contributed by atoms with Gasteiger partial charge in [0.05, 0.1) is 17.6 Å². The number of carboxylic acids is 1. The van der Waals surface area contributed by atoms with E-state index in [4.69, 9.17) is 25.6 Å². The maximum absolute atomic E-state index is 12.4. The molecule has 1 aliphatic heterocycles. The topological polar surface area (TPSA) is 94.1 Å². The highest BCUT2D eigenvalue weighted by Crippen LogP contribution is 2.39. The molecule has 0 unspecified atom stereocenters. The molecule has 34 heavy (non-hydrogen) atoms. The van der Waals surface area contributed by atoms with Gasteiger partial charge < -0.3 is 24.5 Å². The standard InChI is InChI=1S/C25H29BClNO6/c1-24(2)25(3,4)34-26(33-24)20(12-19-13-21(27)11-10-18(19)14-22(29)30)15-28-23(31)32-16-17-8-6-5-7-9-17/h5-13H,14-16H2,1-4H3,(H,28,31)(H,29,30). The Morgan fingerprint density at radius 3 is 2.35 bits per heavy atom. The number of carboxylic acid groups (broad SMARTS) is 1. The van der Waals surface area contributed by atoms with Gasteiger partial charge in [-0.25, -0.2) is 4.79 Å². The molecule has 3 rings (SSSR count). The molecule has 0 spiro atoms. The third kappa shape index (κ3) is 6.62. The molecular weight excluding hydrogens is 457 g/mol. The van der Waals surface area contributed by atoms with Crippen LogP contribution in [0.1, 0.15) is 44.4 Å². The molecule has 1 fully saturated rings. The Kier molecular flexibility index (Phi) is 8.07. The minimum Gasteiger partial charge on any atom is -0.481 e. The molecule has 9 heteroatoms. The maximum atomic E-state index is 12.4. The average Bonchev–Trinajstić information content (AvgIpc) is 2.98. The van der Waals surface area contributed by atoms with Crippen molar-refractivity contribution >= 4 is 36.9 Å². The highest BCUT2D eigenvalue weighted by molar-refractivity contribution is 6.56. The van der Waals surface area contributed by atoms with Crippen LogP contribution in [0.3, 0.4) is 0 Å². The number of carbonyl (C=O) groups excluding carboxylic acids is 1. The number of rotatable bonds is 8. The third-order valence-corrected chi connectivity index (χ3v) is 6.23. The SMILES string of the molecule is CC1(C)OB(C(=Cc2cc(Cl)ccc2CC(=O)O)CNC(=O)OCc2ccccc2)OC1(C)C. The summed E-state index contributed by atoms with van der Waals surface area (Å²) in [5, 5.41) is 12.5. The summed E-state index contributed by atoms with van der Waals surface area (Å²) in [4.78, 5) is 23.7. The first-order chi connectivity index (χ1) is 16.0. The number of hydrogen-bond acceptors (Lipinski definition) is 5. The summed E-state index contributed by atoms with van der Waals surface area (Å²) in [6, 6.07) is 14.4. The fourth-order valence-electron chi connectivity index (χ4n) is 3.37. The molecule has 1 aliphatic rings. The van der Waals surface area contributed by atoms with E-state index in [0.717, 1.165) is 5.56 Å². The summed E-state index contributed by atoms with van der Waals surface area (Å²) in [7, 11) is -0.754. The molecule has 1 heterocycles. The summed E-state index contributed by atoms with van der Waals surface area (Å²) < 4.78 is 17.7. The van der Waals surface area contributed by atoms with E-state index in [0.29, 0.717) is 21.6 Å². The fraction of sp³-hybridized carbons (Fsp3) is 0.360. The van der Waals surface area contributed by atoms with Crippen molar-refractivity contribution in [2.75, 3.05) is 6.54 Å². The van der Waals surface area contributed by atoms with Crippen LogP contribution in [0.2, 0.25) is 5.02 Å². The first kappa shape index (κ1) is 25.8. The van der Waals surface area contributed by atoms with Crippen molar-refractivity contribution in [3.63, 3.8) is 0 Å². The van der Waals surface area contributed by atoms with Gasteiger partial charge in [0, 0.05) is 11.6 Å². The van der Waals surface area contributed by atoms with Crippen LogP contribution in [0.25, 0.3) is 6.08 Å². The Morgan fingerprint density at radius 1 is 1.09 bits per heavy atom. The molecule has 1 saturated heterocycles. The Bertz CT molecular complexity index is 1050. The van der Waals surface area contributed by atoms with Crippen molar-refractivity contribution < 1.29 is 28.7 Å². The number of amides is 1. The maximum Gasteiger partial charge on any atom is 0.492 e. The van der Waals surface area contributed by atoms with E-state index in [1.165, 1.54) is 0 Å². The van der Waals surface area contributed by atoms with Gasteiger partial charge in [0.15, 0.2) is 0 Å². The molecule has 7 nitrogen and oxygen atoms in total. The predicted octanol–water partition coefficient (Wildman–Crippen LogP) is 4.91. The zero-order chi connectivity index (χ0) is 24.9. The van der Waals surface area contributed by atoms with Crippen LogP contribution >= 0.6 is 11.6 Å². The smallest absolute Gasteiger partial charge is 0.481 e. The Labute approximate surface area is 205 Å². The number of benzene rings is 2. The number of hydrogen-bond donors (Lipinski definition) is 2. The van der Waals surface area contributed by atoms with Gasteiger partial charge in [-0.3, -0.25) is 4.79 Å². The number of aliphatic carboxylic acids is 1. The molecule has 0 atom stereocenters. The van der Waals surface area contributed by atoms with Gasteiger partial charge >= 0.3 is 19.2 Å². The minimum atomic E-state index is -0.961. The number of nitrogens with one attached hydrogen (secondary N) is 1. The van der Waals surface area contributed by atoms with Crippen molar-refractivity contribution in [1.29, 1.82) is 0 Å². The molecule has 180 valence electrons. The van der Waals surface area contributed by atoms with Gasteiger partial charge in [0.1, 0.15) is 6.61 Å². The molecule has 0 saturated carbocycles. The van der Waals surface area contributed by atoms with E-state index < -0.39 is 30.4 Å². The normalized spacial score (nSPS) is 16.9. The van der Waals surface area contributed by atoms with Crippen molar-refractivity contribution in [1.82, 2.24) is 5.32 Å². The van der Waals surface area contributed by atoms with Gasteiger partial charge in [-0.2, -0.15) is 0 Å². The Morgan fingerprint density at radius 2 is 1.74 bits per heavy atom. The van der Waals surface area contributed by atoms with Gasteiger partial charge in [-0.15, -0.1) is 0 Å². The molecule has 0 radical (unpaired) electrons. The third-order valence-electron chi connectivity index (χ3n) is 6.00. The molecule has 2 N–H and O–H groups in total. The number of alkyl carbamates (subject to hydrolysis) is 1. The molecule has 2 aromatic rings. The first-order valence-electron chi connectivity index (χ1n) is 11.0. The van der Waals surface area contributed by atoms with Crippen LogP contribution in [-0.2, 0) is 31.9 Å².